The van der Waals surface area contributed by atoms with E-state index in [1.807, 2.05) is 44.2 Å². The molecule has 2 aromatic rings. The van der Waals surface area contributed by atoms with Crippen LogP contribution in [0.25, 0.3) is 0 Å². The number of anilines is 1. The molecule has 38 heavy (non-hydrogen) atoms. The Kier molecular flexibility index (Phi) is 8.94. The van der Waals surface area contributed by atoms with Gasteiger partial charge in [-0.15, -0.1) is 0 Å². The molecule has 2 aliphatic heterocycles. The van der Waals surface area contributed by atoms with Crippen molar-refractivity contribution in [2.45, 2.75) is 56.2 Å². The number of nitrogens with zero attached hydrogens (tertiary/aromatic N) is 1. The topological polar surface area (TPSA) is 154 Å². The maximum atomic E-state index is 13.6. The van der Waals surface area contributed by atoms with Crippen LogP contribution in [0, 0.1) is 17.8 Å². The van der Waals surface area contributed by atoms with E-state index in [4.69, 9.17) is 25.7 Å². The van der Waals surface area contributed by atoms with Gasteiger partial charge in [0.2, 0.25) is 10.0 Å². The molecule has 2 aliphatic rings. The monoisotopic (exact) mass is 547 g/mol. The molecule has 0 aromatic heterocycles. The molecule has 1 unspecified atom stereocenters. The highest BCUT2D eigenvalue weighted by Gasteiger charge is 2.54. The zero-order chi connectivity index (χ0) is 27.4. The smallest absolute Gasteiger partial charge is 0.404 e. The number of nitrogens with two attached hydrogens (primary N) is 2. The Hall–Kier alpha value is -2.70. The maximum absolute atomic E-state index is 13.6. The Labute approximate surface area is 223 Å². The third-order valence-corrected chi connectivity index (χ3v) is 8.93. The molecule has 0 bridgehead atoms. The molecule has 5 N–H and O–H groups in total. The second-order valence-corrected chi connectivity index (χ2v) is 12.3. The molecular formula is C27H37N3O7S. The first-order chi connectivity index (χ1) is 18.1. The first-order valence-corrected chi connectivity index (χ1v) is 14.3. The normalized spacial score (nSPS) is 24.9. The van der Waals surface area contributed by atoms with Crippen molar-refractivity contribution in [3.8, 4) is 0 Å². The van der Waals surface area contributed by atoms with Gasteiger partial charge in [-0.3, -0.25) is 0 Å². The molecule has 6 atom stereocenters. The first kappa shape index (κ1) is 28.3. The molecule has 2 saturated heterocycles. The fourth-order valence-corrected chi connectivity index (χ4v) is 6.94. The molecule has 0 spiro atoms. The third-order valence-electron chi connectivity index (χ3n) is 7.08. The first-order valence-electron chi connectivity index (χ1n) is 12.9. The largest absolute Gasteiger partial charge is 0.443 e. The fourth-order valence-electron chi connectivity index (χ4n) is 5.32. The molecule has 10 nitrogen and oxygen atoms in total. The summed E-state index contributed by atoms with van der Waals surface area (Å²) in [6.45, 7) is 4.31. The van der Waals surface area contributed by atoms with Crippen molar-refractivity contribution < 1.29 is 32.5 Å². The minimum absolute atomic E-state index is 0.000221. The number of carbonyl (C=O) groups is 1. The van der Waals surface area contributed by atoms with Crippen molar-refractivity contribution in [2.75, 3.05) is 25.4 Å². The molecule has 2 fully saturated rings. The van der Waals surface area contributed by atoms with Crippen LogP contribution in [0.2, 0.25) is 0 Å². The van der Waals surface area contributed by atoms with Crippen molar-refractivity contribution in [2.24, 2.45) is 23.5 Å². The molecule has 0 aliphatic carbocycles. The summed E-state index contributed by atoms with van der Waals surface area (Å²) in [4.78, 5) is 11.9. The Morgan fingerprint density at radius 3 is 2.45 bits per heavy atom. The second kappa shape index (κ2) is 12.0. The van der Waals surface area contributed by atoms with Gasteiger partial charge in [0.15, 0.2) is 6.29 Å². The summed E-state index contributed by atoms with van der Waals surface area (Å²) in [7, 11) is -3.94. The Bertz CT molecular complexity index is 1180. The molecule has 2 aromatic carbocycles. The quantitative estimate of drug-likeness (QED) is 0.362. The van der Waals surface area contributed by atoms with Crippen LogP contribution < -0.4 is 11.5 Å². The van der Waals surface area contributed by atoms with Crippen molar-refractivity contribution in [1.29, 1.82) is 0 Å². The van der Waals surface area contributed by atoms with Crippen LogP contribution in [-0.2, 0) is 30.7 Å². The number of carbonyl (C=O) groups excluding carboxylic acids is 1. The highest BCUT2D eigenvalue weighted by molar-refractivity contribution is 7.89. The van der Waals surface area contributed by atoms with E-state index in [9.17, 15) is 18.3 Å². The third kappa shape index (κ3) is 6.47. The highest BCUT2D eigenvalue weighted by atomic mass is 32.2. The lowest BCUT2D eigenvalue weighted by molar-refractivity contribution is -0.145. The number of primary amides is 1. The van der Waals surface area contributed by atoms with Gasteiger partial charge in [0.25, 0.3) is 0 Å². The standard InChI is InChI=1S/C27H37N3O7S/c1-17(2)15-30(38(33,34)20-10-8-19(28)9-11-20)16-23(31)22(14-18-6-4-3-5-7-18)25-24(37-27(29)32)21-12-13-35-26(21)36-25/h3-11,17,21-26,31H,12-16,28H2,1-2H3,(H2,29,32)/t21-,22-,23-,24+,25?,26+/m0/s1. The number of ether oxygens (including phenoxy) is 3. The van der Waals surface area contributed by atoms with Gasteiger partial charge in [0.05, 0.1) is 23.5 Å². The van der Waals surface area contributed by atoms with E-state index < -0.39 is 46.6 Å². The highest BCUT2D eigenvalue weighted by Crippen LogP contribution is 2.41. The van der Waals surface area contributed by atoms with Gasteiger partial charge < -0.3 is 30.8 Å². The number of fused-ring (bicyclic) bond motifs is 1. The lowest BCUT2D eigenvalue weighted by Gasteiger charge is -2.35. The molecule has 2 heterocycles. The van der Waals surface area contributed by atoms with Gasteiger partial charge in [-0.05, 0) is 48.6 Å². The predicted octanol–water partition coefficient (Wildman–Crippen LogP) is 2.36. The van der Waals surface area contributed by atoms with Crippen LogP contribution in [-0.4, -0.2) is 68.2 Å². The number of aliphatic hydroxyl groups is 1. The number of hydrogen-bond acceptors (Lipinski definition) is 8. The van der Waals surface area contributed by atoms with E-state index in [1.54, 1.807) is 0 Å². The van der Waals surface area contributed by atoms with Crippen LogP contribution in [0.1, 0.15) is 25.8 Å². The van der Waals surface area contributed by atoms with Crippen molar-refractivity contribution >= 4 is 21.8 Å². The summed E-state index contributed by atoms with van der Waals surface area (Å²) < 4.78 is 45.9. The second-order valence-electron chi connectivity index (χ2n) is 10.4. The van der Waals surface area contributed by atoms with Crippen LogP contribution in [0.3, 0.4) is 0 Å². The van der Waals surface area contributed by atoms with Gasteiger partial charge in [0.1, 0.15) is 12.2 Å². The average molecular weight is 548 g/mol. The number of aliphatic hydroxyl groups excluding tert-OH is 1. The van der Waals surface area contributed by atoms with Gasteiger partial charge in [-0.25, -0.2) is 13.2 Å². The maximum Gasteiger partial charge on any atom is 0.404 e. The summed E-state index contributed by atoms with van der Waals surface area (Å²) in [6, 6.07) is 15.5. The van der Waals surface area contributed by atoms with E-state index in [1.165, 1.54) is 28.6 Å². The minimum Gasteiger partial charge on any atom is -0.443 e. The summed E-state index contributed by atoms with van der Waals surface area (Å²) in [6.07, 6.45) is -3.15. The molecule has 0 saturated carbocycles. The lowest BCUT2D eigenvalue weighted by atomic mass is 9.83. The van der Waals surface area contributed by atoms with E-state index in [0.29, 0.717) is 25.1 Å². The van der Waals surface area contributed by atoms with Crippen molar-refractivity contribution in [3.05, 3.63) is 60.2 Å². The molecular weight excluding hydrogens is 510 g/mol. The number of amides is 1. The van der Waals surface area contributed by atoms with E-state index in [0.717, 1.165) is 5.56 Å². The molecule has 208 valence electrons. The summed E-state index contributed by atoms with van der Waals surface area (Å²) in [5.74, 6) is -0.838. The van der Waals surface area contributed by atoms with E-state index in [-0.39, 0.29) is 29.8 Å². The zero-order valence-electron chi connectivity index (χ0n) is 21.7. The Morgan fingerprint density at radius 1 is 1.13 bits per heavy atom. The fraction of sp³-hybridized carbons (Fsp3) is 0.519. The Balaban J connectivity index is 1.65. The van der Waals surface area contributed by atoms with Gasteiger partial charge in [-0.2, -0.15) is 4.31 Å². The number of benzene rings is 2. The van der Waals surface area contributed by atoms with Gasteiger partial charge in [0, 0.05) is 24.7 Å². The van der Waals surface area contributed by atoms with Crippen molar-refractivity contribution in [1.82, 2.24) is 4.31 Å². The van der Waals surface area contributed by atoms with Crippen LogP contribution in [0.5, 0.6) is 0 Å². The average Bonchev–Trinajstić information content (AvgIpc) is 3.45. The van der Waals surface area contributed by atoms with E-state index in [2.05, 4.69) is 0 Å². The number of hydrogen-bond donors (Lipinski definition) is 3. The molecule has 1 amide bonds. The number of nitrogen functional groups attached to an aromatic ring is 1. The number of rotatable bonds is 11. The van der Waals surface area contributed by atoms with Gasteiger partial charge in [-0.1, -0.05) is 44.2 Å². The van der Waals surface area contributed by atoms with E-state index >= 15 is 0 Å². The molecule has 4 rings (SSSR count). The summed E-state index contributed by atoms with van der Waals surface area (Å²) in [5.41, 5.74) is 12.5. The lowest BCUT2D eigenvalue weighted by Crippen LogP contribution is -2.49. The van der Waals surface area contributed by atoms with Crippen LogP contribution in [0.4, 0.5) is 10.5 Å². The zero-order valence-corrected chi connectivity index (χ0v) is 22.5. The van der Waals surface area contributed by atoms with Crippen LogP contribution in [0.15, 0.2) is 59.5 Å². The van der Waals surface area contributed by atoms with Crippen LogP contribution >= 0.6 is 0 Å². The predicted molar refractivity (Wildman–Crippen MR) is 141 cm³/mol. The Morgan fingerprint density at radius 2 is 1.82 bits per heavy atom. The molecule has 0 radical (unpaired) electrons. The molecule has 11 heteroatoms. The van der Waals surface area contributed by atoms with Crippen molar-refractivity contribution in [3.63, 3.8) is 0 Å². The number of sulfonamides is 1. The summed E-state index contributed by atoms with van der Waals surface area (Å²) >= 11 is 0. The minimum atomic E-state index is -3.94. The SMILES string of the molecule is CC(C)CN(C[C@H](O)[C@H](Cc1ccccc1)C1O[C@H]2OCC[C@H]2[C@H]1OC(N)=O)S(=O)(=O)c1ccc(N)cc1. The summed E-state index contributed by atoms with van der Waals surface area (Å²) in [5, 5.41) is 11.7. The van der Waals surface area contributed by atoms with Gasteiger partial charge >= 0.3 is 6.09 Å².